The summed E-state index contributed by atoms with van der Waals surface area (Å²) in [5.41, 5.74) is -0.358. The van der Waals surface area contributed by atoms with E-state index in [1.807, 2.05) is 0 Å². The number of nitrogens with one attached hydrogen (secondary N) is 1. The SMILES string of the molecule is CC(CO)(NCC1CCCO1)c1ccccc1OC(F)F. The third-order valence-electron chi connectivity index (χ3n) is 3.76. The largest absolute Gasteiger partial charge is 0.434 e. The van der Waals surface area contributed by atoms with Crippen molar-refractivity contribution >= 4 is 0 Å². The molecule has 1 aromatic carbocycles. The van der Waals surface area contributed by atoms with Crippen molar-refractivity contribution in [3.63, 3.8) is 0 Å². The van der Waals surface area contributed by atoms with Crippen LogP contribution >= 0.6 is 0 Å². The van der Waals surface area contributed by atoms with Gasteiger partial charge in [-0.05, 0) is 25.8 Å². The van der Waals surface area contributed by atoms with E-state index in [-0.39, 0.29) is 18.5 Å². The highest BCUT2D eigenvalue weighted by molar-refractivity contribution is 5.39. The highest BCUT2D eigenvalue weighted by Crippen LogP contribution is 2.31. The van der Waals surface area contributed by atoms with Gasteiger partial charge < -0.3 is 19.9 Å². The second-order valence-electron chi connectivity index (χ2n) is 5.38. The van der Waals surface area contributed by atoms with E-state index in [9.17, 15) is 13.9 Å². The summed E-state index contributed by atoms with van der Waals surface area (Å²) in [4.78, 5) is 0. The monoisotopic (exact) mass is 301 g/mol. The molecule has 4 nitrogen and oxygen atoms in total. The molecule has 6 heteroatoms. The second kappa shape index (κ2) is 7.15. The Labute approximate surface area is 123 Å². The smallest absolute Gasteiger partial charge is 0.387 e. The molecule has 0 spiro atoms. The van der Waals surface area contributed by atoms with Crippen LogP contribution in [0.25, 0.3) is 0 Å². The molecule has 0 saturated carbocycles. The van der Waals surface area contributed by atoms with Gasteiger partial charge in [0.15, 0.2) is 0 Å². The average molecular weight is 301 g/mol. The van der Waals surface area contributed by atoms with E-state index in [4.69, 9.17) is 4.74 Å². The van der Waals surface area contributed by atoms with Gasteiger partial charge in [0.05, 0.1) is 18.2 Å². The van der Waals surface area contributed by atoms with Crippen molar-refractivity contribution in [2.45, 2.75) is 38.0 Å². The highest BCUT2D eigenvalue weighted by Gasteiger charge is 2.30. The third kappa shape index (κ3) is 4.12. The van der Waals surface area contributed by atoms with E-state index in [0.717, 1.165) is 19.4 Å². The second-order valence-corrected chi connectivity index (χ2v) is 5.38. The summed E-state index contributed by atoms with van der Waals surface area (Å²) in [7, 11) is 0. The Bertz CT molecular complexity index is 452. The molecular formula is C15H21F2NO3. The van der Waals surface area contributed by atoms with Gasteiger partial charge in [-0.25, -0.2) is 0 Å². The van der Waals surface area contributed by atoms with E-state index in [1.165, 1.54) is 6.07 Å². The molecule has 21 heavy (non-hydrogen) atoms. The van der Waals surface area contributed by atoms with Crippen LogP contribution in [0.2, 0.25) is 0 Å². The number of para-hydroxylation sites is 1. The number of benzene rings is 1. The normalized spacial score (nSPS) is 21.5. The molecule has 2 rings (SSSR count). The van der Waals surface area contributed by atoms with Gasteiger partial charge in [-0.15, -0.1) is 0 Å². The van der Waals surface area contributed by atoms with Crippen molar-refractivity contribution in [3.8, 4) is 5.75 Å². The van der Waals surface area contributed by atoms with E-state index in [1.54, 1.807) is 25.1 Å². The van der Waals surface area contributed by atoms with Crippen LogP contribution in [-0.4, -0.2) is 37.6 Å². The van der Waals surface area contributed by atoms with Crippen LogP contribution in [0.15, 0.2) is 24.3 Å². The topological polar surface area (TPSA) is 50.7 Å². The Morgan fingerprint density at radius 3 is 2.86 bits per heavy atom. The Morgan fingerprint density at radius 1 is 1.48 bits per heavy atom. The van der Waals surface area contributed by atoms with Crippen molar-refractivity contribution in [3.05, 3.63) is 29.8 Å². The molecule has 118 valence electrons. The molecule has 0 bridgehead atoms. The van der Waals surface area contributed by atoms with Gasteiger partial charge in [0, 0.05) is 18.7 Å². The molecule has 1 aliphatic rings. The van der Waals surface area contributed by atoms with Crippen molar-refractivity contribution in [2.75, 3.05) is 19.8 Å². The molecular weight excluding hydrogens is 280 g/mol. The van der Waals surface area contributed by atoms with Gasteiger partial charge in [0.25, 0.3) is 0 Å². The quantitative estimate of drug-likeness (QED) is 0.811. The maximum atomic E-state index is 12.5. The number of ether oxygens (including phenoxy) is 2. The average Bonchev–Trinajstić information content (AvgIpc) is 2.98. The molecule has 1 aromatic rings. The molecule has 0 amide bonds. The maximum absolute atomic E-state index is 12.5. The number of aliphatic hydroxyl groups is 1. The van der Waals surface area contributed by atoms with E-state index >= 15 is 0 Å². The summed E-state index contributed by atoms with van der Waals surface area (Å²) < 4.78 is 35.1. The minimum absolute atomic E-state index is 0.0730. The lowest BCUT2D eigenvalue weighted by molar-refractivity contribution is -0.0516. The summed E-state index contributed by atoms with van der Waals surface area (Å²) in [5.74, 6) is 0.0730. The highest BCUT2D eigenvalue weighted by atomic mass is 19.3. The summed E-state index contributed by atoms with van der Waals surface area (Å²) in [6.07, 6.45) is 2.08. The Hall–Kier alpha value is -1.24. The summed E-state index contributed by atoms with van der Waals surface area (Å²) in [6.45, 7) is -0.0704. The van der Waals surface area contributed by atoms with Gasteiger partial charge in [-0.1, -0.05) is 18.2 Å². The number of alkyl halides is 2. The zero-order valence-electron chi connectivity index (χ0n) is 12.0. The van der Waals surface area contributed by atoms with Crippen LogP contribution in [0.3, 0.4) is 0 Å². The number of aliphatic hydroxyl groups excluding tert-OH is 1. The first-order chi connectivity index (χ1) is 10.0. The van der Waals surface area contributed by atoms with Crippen molar-refractivity contribution in [1.29, 1.82) is 0 Å². The minimum atomic E-state index is -2.90. The third-order valence-corrected chi connectivity index (χ3v) is 3.76. The molecule has 2 N–H and O–H groups in total. The lowest BCUT2D eigenvalue weighted by Gasteiger charge is -2.32. The molecule has 2 atom stereocenters. The molecule has 1 saturated heterocycles. The van der Waals surface area contributed by atoms with Crippen molar-refractivity contribution in [1.82, 2.24) is 5.32 Å². The van der Waals surface area contributed by atoms with Crippen molar-refractivity contribution < 1.29 is 23.4 Å². The van der Waals surface area contributed by atoms with Gasteiger partial charge in [0.2, 0.25) is 0 Å². The number of hydrogen-bond acceptors (Lipinski definition) is 4. The minimum Gasteiger partial charge on any atom is -0.434 e. The molecule has 1 fully saturated rings. The maximum Gasteiger partial charge on any atom is 0.387 e. The summed E-state index contributed by atoms with van der Waals surface area (Å²) in [6, 6.07) is 6.51. The Morgan fingerprint density at radius 2 is 2.24 bits per heavy atom. The molecule has 1 aliphatic heterocycles. The molecule has 0 radical (unpaired) electrons. The predicted molar refractivity (Wildman–Crippen MR) is 74.5 cm³/mol. The number of hydrogen-bond donors (Lipinski definition) is 2. The molecule has 1 heterocycles. The standard InChI is InChI=1S/C15H21F2NO3/c1-15(10-19,18-9-11-5-4-8-20-11)12-6-2-3-7-13(12)21-14(16)17/h2-3,6-7,11,14,18-19H,4-5,8-10H2,1H3. The van der Waals surface area contributed by atoms with Crippen LogP contribution in [-0.2, 0) is 10.3 Å². The van der Waals surface area contributed by atoms with Gasteiger partial charge in [-0.2, -0.15) is 8.78 Å². The van der Waals surface area contributed by atoms with Gasteiger partial charge in [-0.3, -0.25) is 0 Å². The fourth-order valence-corrected chi connectivity index (χ4v) is 2.50. The fourth-order valence-electron chi connectivity index (χ4n) is 2.50. The predicted octanol–water partition coefficient (Wildman–Crippen LogP) is 2.26. The summed E-state index contributed by atoms with van der Waals surface area (Å²) in [5, 5.41) is 12.9. The number of rotatable bonds is 7. The lowest BCUT2D eigenvalue weighted by Crippen LogP contribution is -2.46. The number of halogens is 2. The van der Waals surface area contributed by atoms with Gasteiger partial charge >= 0.3 is 6.61 Å². The summed E-state index contributed by atoms with van der Waals surface area (Å²) >= 11 is 0. The zero-order chi connectivity index (χ0) is 15.3. The van der Waals surface area contributed by atoms with E-state index in [2.05, 4.69) is 10.1 Å². The lowest BCUT2D eigenvalue weighted by atomic mass is 9.91. The molecule has 0 aliphatic carbocycles. The van der Waals surface area contributed by atoms with Crippen LogP contribution in [0.5, 0.6) is 5.75 Å². The zero-order valence-corrected chi connectivity index (χ0v) is 12.0. The Balaban J connectivity index is 2.14. The first-order valence-corrected chi connectivity index (χ1v) is 7.07. The molecule has 0 aromatic heterocycles. The van der Waals surface area contributed by atoms with Crippen LogP contribution < -0.4 is 10.1 Å². The fraction of sp³-hybridized carbons (Fsp3) is 0.600. The van der Waals surface area contributed by atoms with E-state index < -0.39 is 12.2 Å². The van der Waals surface area contributed by atoms with Crippen LogP contribution in [0.4, 0.5) is 8.78 Å². The Kier molecular flexibility index (Phi) is 5.50. The van der Waals surface area contributed by atoms with Gasteiger partial charge in [0.1, 0.15) is 5.75 Å². The first-order valence-electron chi connectivity index (χ1n) is 7.07. The molecule has 2 unspecified atom stereocenters. The first kappa shape index (κ1) is 16.1. The van der Waals surface area contributed by atoms with E-state index in [0.29, 0.717) is 12.1 Å². The van der Waals surface area contributed by atoms with Crippen LogP contribution in [0.1, 0.15) is 25.3 Å². The van der Waals surface area contributed by atoms with Crippen molar-refractivity contribution in [2.24, 2.45) is 0 Å². The van der Waals surface area contributed by atoms with Crippen LogP contribution in [0, 0.1) is 0 Å².